The molecule has 0 aliphatic carbocycles. The molecule has 0 aliphatic heterocycles. The van der Waals surface area contributed by atoms with Gasteiger partial charge in [0.2, 0.25) is 0 Å². The number of benzene rings is 1. The normalized spacial score (nSPS) is 10.9. The zero-order chi connectivity index (χ0) is 12.7. The van der Waals surface area contributed by atoms with Crippen LogP contribution in [0.15, 0.2) is 36.7 Å². The number of carboxylic acid groups (broad SMARTS) is 1. The van der Waals surface area contributed by atoms with E-state index in [0.29, 0.717) is 16.4 Å². The molecule has 0 radical (unpaired) electrons. The van der Waals surface area contributed by atoms with Gasteiger partial charge < -0.3 is 5.11 Å². The summed E-state index contributed by atoms with van der Waals surface area (Å²) in [7, 11) is 0. The van der Waals surface area contributed by atoms with Crippen LogP contribution in [0.25, 0.3) is 21.8 Å². The molecule has 1 aromatic carbocycles. The molecule has 0 atom stereocenters. The molecule has 0 spiro atoms. The van der Waals surface area contributed by atoms with E-state index in [1.54, 1.807) is 12.3 Å². The van der Waals surface area contributed by atoms with Crippen LogP contribution in [-0.2, 0) is 0 Å². The Balaban J connectivity index is 2.48. The molecule has 88 valence electrons. The molecule has 4 nitrogen and oxygen atoms in total. The van der Waals surface area contributed by atoms with Gasteiger partial charge in [-0.2, -0.15) is 0 Å². The lowest BCUT2D eigenvalue weighted by atomic mass is 10.1. The molecule has 0 bridgehead atoms. The molecule has 0 fully saturated rings. The van der Waals surface area contributed by atoms with E-state index in [1.165, 1.54) is 6.20 Å². The quantitative estimate of drug-likeness (QED) is 0.681. The molecule has 3 aromatic rings. The van der Waals surface area contributed by atoms with Gasteiger partial charge in [-0.1, -0.05) is 29.8 Å². The minimum atomic E-state index is -1.09. The highest BCUT2D eigenvalue weighted by Crippen LogP contribution is 2.29. The van der Waals surface area contributed by atoms with Crippen molar-refractivity contribution in [2.45, 2.75) is 0 Å². The number of carboxylic acids is 1. The van der Waals surface area contributed by atoms with E-state index in [-0.39, 0.29) is 10.6 Å². The second-order valence-corrected chi connectivity index (χ2v) is 4.21. The number of hydrogen-bond donors (Lipinski definition) is 1. The highest BCUT2D eigenvalue weighted by atomic mass is 35.5. The number of rotatable bonds is 1. The minimum absolute atomic E-state index is 0.000511. The van der Waals surface area contributed by atoms with Crippen LogP contribution in [0.4, 0.5) is 0 Å². The van der Waals surface area contributed by atoms with E-state index < -0.39 is 5.97 Å². The summed E-state index contributed by atoms with van der Waals surface area (Å²) in [4.78, 5) is 19.4. The summed E-state index contributed by atoms with van der Waals surface area (Å²) in [5.74, 6) is -1.09. The zero-order valence-electron chi connectivity index (χ0n) is 9.09. The van der Waals surface area contributed by atoms with Crippen molar-refractivity contribution < 1.29 is 9.90 Å². The Bertz CT molecular complexity index is 786. The fourth-order valence-corrected chi connectivity index (χ4v) is 2.20. The topological polar surface area (TPSA) is 63.1 Å². The second-order valence-electron chi connectivity index (χ2n) is 3.83. The summed E-state index contributed by atoms with van der Waals surface area (Å²) in [6, 6.07) is 7.37. The Kier molecular flexibility index (Phi) is 2.38. The number of carbonyl (C=O) groups is 1. The Morgan fingerprint density at radius 2 is 2.00 bits per heavy atom. The zero-order valence-corrected chi connectivity index (χ0v) is 9.85. The van der Waals surface area contributed by atoms with Crippen LogP contribution in [0.1, 0.15) is 10.4 Å². The maximum atomic E-state index is 11.0. The summed E-state index contributed by atoms with van der Waals surface area (Å²) in [6.45, 7) is 0. The standard InChI is InChI=1S/C13H7ClN2O2/c14-10-8-4-3-7-2-1-5-15-11(7)12(8)16-6-9(10)13(17)18/h1-6H,(H,17,18). The van der Waals surface area contributed by atoms with Crippen molar-refractivity contribution in [3.63, 3.8) is 0 Å². The average molecular weight is 259 g/mol. The van der Waals surface area contributed by atoms with Crippen molar-refractivity contribution in [2.75, 3.05) is 0 Å². The van der Waals surface area contributed by atoms with Gasteiger partial charge in [0.25, 0.3) is 0 Å². The number of halogens is 1. The Hall–Kier alpha value is -2.20. The summed E-state index contributed by atoms with van der Waals surface area (Å²) in [5, 5.41) is 10.7. The predicted octanol–water partition coefficient (Wildman–Crippen LogP) is 3.13. The van der Waals surface area contributed by atoms with Crippen molar-refractivity contribution in [3.05, 3.63) is 47.2 Å². The smallest absolute Gasteiger partial charge is 0.338 e. The van der Waals surface area contributed by atoms with E-state index >= 15 is 0 Å². The van der Waals surface area contributed by atoms with Crippen molar-refractivity contribution >= 4 is 39.4 Å². The largest absolute Gasteiger partial charge is 0.478 e. The van der Waals surface area contributed by atoms with Gasteiger partial charge in [0.05, 0.1) is 21.6 Å². The Morgan fingerprint density at radius 1 is 1.17 bits per heavy atom. The van der Waals surface area contributed by atoms with Crippen molar-refractivity contribution in [1.82, 2.24) is 9.97 Å². The minimum Gasteiger partial charge on any atom is -0.478 e. The molecule has 5 heteroatoms. The van der Waals surface area contributed by atoms with Gasteiger partial charge in [-0.05, 0) is 6.07 Å². The molecule has 0 amide bonds. The van der Waals surface area contributed by atoms with Crippen LogP contribution in [0.2, 0.25) is 5.02 Å². The van der Waals surface area contributed by atoms with Crippen molar-refractivity contribution in [1.29, 1.82) is 0 Å². The summed E-state index contributed by atoms with van der Waals surface area (Å²) in [6.07, 6.45) is 2.93. The first-order valence-electron chi connectivity index (χ1n) is 5.24. The number of aromatic carboxylic acids is 1. The fourth-order valence-electron chi connectivity index (χ4n) is 1.92. The number of nitrogens with zero attached hydrogens (tertiary/aromatic N) is 2. The lowest BCUT2D eigenvalue weighted by Crippen LogP contribution is -1.99. The van der Waals surface area contributed by atoms with Crippen molar-refractivity contribution in [2.24, 2.45) is 0 Å². The third-order valence-corrected chi connectivity index (χ3v) is 3.18. The van der Waals surface area contributed by atoms with Crippen LogP contribution in [-0.4, -0.2) is 21.0 Å². The second kappa shape index (κ2) is 3.92. The number of fused-ring (bicyclic) bond motifs is 3. The Morgan fingerprint density at radius 3 is 2.78 bits per heavy atom. The van der Waals surface area contributed by atoms with Crippen LogP contribution in [0, 0.1) is 0 Å². The third kappa shape index (κ3) is 1.50. The van der Waals surface area contributed by atoms with Gasteiger partial charge in [-0.15, -0.1) is 0 Å². The van der Waals surface area contributed by atoms with E-state index in [0.717, 1.165) is 5.39 Å². The molecule has 18 heavy (non-hydrogen) atoms. The lowest BCUT2D eigenvalue weighted by molar-refractivity contribution is 0.0697. The fraction of sp³-hybridized carbons (Fsp3) is 0. The molecule has 2 heterocycles. The predicted molar refractivity (Wildman–Crippen MR) is 69.0 cm³/mol. The summed E-state index contributed by atoms with van der Waals surface area (Å²) >= 11 is 6.09. The summed E-state index contributed by atoms with van der Waals surface area (Å²) in [5.41, 5.74) is 1.33. The molecule has 1 N–H and O–H groups in total. The van der Waals surface area contributed by atoms with Gasteiger partial charge in [-0.3, -0.25) is 9.97 Å². The van der Waals surface area contributed by atoms with E-state index in [9.17, 15) is 4.79 Å². The number of aromatic nitrogens is 2. The van der Waals surface area contributed by atoms with Crippen LogP contribution in [0.3, 0.4) is 0 Å². The van der Waals surface area contributed by atoms with E-state index in [2.05, 4.69) is 9.97 Å². The molecule has 0 saturated heterocycles. The molecule has 0 saturated carbocycles. The van der Waals surface area contributed by atoms with Gasteiger partial charge >= 0.3 is 5.97 Å². The molecule has 2 aromatic heterocycles. The van der Waals surface area contributed by atoms with Crippen molar-refractivity contribution in [3.8, 4) is 0 Å². The molecule has 0 unspecified atom stereocenters. The van der Waals surface area contributed by atoms with Gasteiger partial charge in [0, 0.05) is 23.2 Å². The van der Waals surface area contributed by atoms with Crippen LogP contribution < -0.4 is 0 Å². The molecule has 3 rings (SSSR count). The first-order valence-corrected chi connectivity index (χ1v) is 5.61. The first-order chi connectivity index (χ1) is 8.68. The highest BCUT2D eigenvalue weighted by molar-refractivity contribution is 6.38. The highest BCUT2D eigenvalue weighted by Gasteiger charge is 2.14. The van der Waals surface area contributed by atoms with Gasteiger partial charge in [0.1, 0.15) is 0 Å². The van der Waals surface area contributed by atoms with E-state index in [4.69, 9.17) is 16.7 Å². The first kappa shape index (κ1) is 10.9. The SMILES string of the molecule is O=C(O)c1cnc2c(ccc3cccnc32)c1Cl. The third-order valence-electron chi connectivity index (χ3n) is 2.77. The van der Waals surface area contributed by atoms with Gasteiger partial charge in [-0.25, -0.2) is 4.79 Å². The maximum absolute atomic E-state index is 11.0. The van der Waals surface area contributed by atoms with E-state index in [1.807, 2.05) is 18.2 Å². The average Bonchev–Trinajstić information content (AvgIpc) is 2.38. The number of pyridine rings is 2. The number of hydrogen-bond acceptors (Lipinski definition) is 3. The van der Waals surface area contributed by atoms with Crippen LogP contribution >= 0.6 is 11.6 Å². The maximum Gasteiger partial charge on any atom is 0.338 e. The monoisotopic (exact) mass is 258 g/mol. The molecular formula is C13H7ClN2O2. The van der Waals surface area contributed by atoms with Gasteiger partial charge in [0.15, 0.2) is 0 Å². The molecular weight excluding hydrogens is 252 g/mol. The van der Waals surface area contributed by atoms with Crippen LogP contribution in [0.5, 0.6) is 0 Å². The Labute approximate surface area is 107 Å². The summed E-state index contributed by atoms with van der Waals surface area (Å²) < 4.78 is 0. The lowest BCUT2D eigenvalue weighted by Gasteiger charge is -2.05. The molecule has 0 aliphatic rings.